The molecule has 28 heavy (non-hydrogen) atoms. The molecule has 1 aliphatic heterocycles. The van der Waals surface area contributed by atoms with Crippen LogP contribution in [0.3, 0.4) is 0 Å². The second-order valence-electron chi connectivity index (χ2n) is 7.66. The van der Waals surface area contributed by atoms with Gasteiger partial charge in [-0.15, -0.1) is 0 Å². The van der Waals surface area contributed by atoms with Crippen LogP contribution < -0.4 is 10.0 Å². The molecule has 2 amide bonds. The van der Waals surface area contributed by atoms with Crippen LogP contribution in [-0.2, 0) is 29.3 Å². The van der Waals surface area contributed by atoms with Gasteiger partial charge in [-0.3, -0.25) is 0 Å². The molecular weight excluding hydrogens is 401 g/mol. The van der Waals surface area contributed by atoms with Crippen molar-refractivity contribution in [1.29, 1.82) is 0 Å². The summed E-state index contributed by atoms with van der Waals surface area (Å²) in [5.74, 6) is 0. The number of carbonyl (C=O) groups is 1. The molecule has 4 rings (SSSR count). The van der Waals surface area contributed by atoms with Crippen molar-refractivity contribution in [1.82, 2.24) is 9.62 Å². The molecule has 147 valence electrons. The fourth-order valence-electron chi connectivity index (χ4n) is 4.52. The molecule has 2 N–H and O–H groups in total. The van der Waals surface area contributed by atoms with E-state index in [9.17, 15) is 13.2 Å². The largest absolute Gasteiger partial charge is 0.332 e. The van der Waals surface area contributed by atoms with Gasteiger partial charge in [0.05, 0.1) is 10.9 Å². The zero-order valence-electron chi connectivity index (χ0n) is 16.8. The number of piperidine rings is 1. The van der Waals surface area contributed by atoms with Gasteiger partial charge in [-0.25, -0.2) is 17.9 Å². The summed E-state index contributed by atoms with van der Waals surface area (Å²) in [5.41, 5.74) is 5.47. The van der Waals surface area contributed by atoms with E-state index in [0.717, 1.165) is 62.1 Å². The zero-order chi connectivity index (χ0) is 19.0. The predicted molar refractivity (Wildman–Crippen MR) is 113 cm³/mol. The van der Waals surface area contributed by atoms with E-state index in [1.807, 2.05) is 6.08 Å². The number of fused-ring (bicyclic) bond motifs is 2. The molecule has 0 aromatic heterocycles. The first-order valence-electron chi connectivity index (χ1n) is 9.87. The number of sulfonamides is 1. The van der Waals surface area contributed by atoms with Crippen molar-refractivity contribution in [2.75, 3.05) is 25.0 Å². The Balaban J connectivity index is 0.00000225. The number of carbonyl (C=O) groups excluding carboxylic acids is 1. The second-order valence-corrected chi connectivity index (χ2v) is 9.62. The molecule has 8 heteroatoms. The van der Waals surface area contributed by atoms with Gasteiger partial charge in [-0.1, -0.05) is 25.1 Å². The minimum absolute atomic E-state index is 0. The molecule has 1 radical (unpaired) electrons. The van der Waals surface area contributed by atoms with E-state index in [1.54, 1.807) is 0 Å². The number of rotatable bonds is 4. The van der Waals surface area contributed by atoms with Crippen LogP contribution in [0.25, 0.3) is 6.08 Å². The Bertz CT molecular complexity index is 890. The van der Waals surface area contributed by atoms with E-state index in [-0.39, 0.29) is 51.4 Å². The van der Waals surface area contributed by atoms with E-state index in [0.29, 0.717) is 12.8 Å². The van der Waals surface area contributed by atoms with Crippen molar-refractivity contribution >= 4 is 79.2 Å². The smallest absolute Gasteiger partial charge is 0.306 e. The van der Waals surface area contributed by atoms with Gasteiger partial charge in [0.1, 0.15) is 0 Å². The van der Waals surface area contributed by atoms with Gasteiger partial charge in [0, 0.05) is 56.9 Å². The monoisotopic (exact) mass is 428 g/mol. The van der Waals surface area contributed by atoms with Gasteiger partial charge in [0.15, 0.2) is 0 Å². The first kappa shape index (κ1) is 22.5. The van der Waals surface area contributed by atoms with E-state index >= 15 is 0 Å². The molecule has 2 aliphatic carbocycles. The molecule has 6 nitrogen and oxygen atoms in total. The number of amides is 2. The molecule has 1 saturated heterocycles. The number of anilines is 1. The fraction of sp³-hybridized carbons (Fsp3) is 0.550. The van der Waals surface area contributed by atoms with Gasteiger partial charge in [0.25, 0.3) is 0 Å². The van der Waals surface area contributed by atoms with E-state index < -0.39 is 21.3 Å². The Kier molecular flexibility index (Phi) is 7.45. The van der Waals surface area contributed by atoms with Gasteiger partial charge < -0.3 is 10.2 Å². The second kappa shape index (κ2) is 9.28. The van der Waals surface area contributed by atoms with Crippen molar-refractivity contribution in [2.24, 2.45) is 0 Å². The summed E-state index contributed by atoms with van der Waals surface area (Å²) in [6.45, 7) is 4.52. The summed E-state index contributed by atoms with van der Waals surface area (Å²) >= 11 is 0. The molecule has 1 fully saturated rings. The summed E-state index contributed by atoms with van der Waals surface area (Å²) in [6.07, 6.45) is 9.13. The first-order valence-corrected chi connectivity index (χ1v) is 11.4. The van der Waals surface area contributed by atoms with E-state index in [1.165, 1.54) is 11.1 Å². The van der Waals surface area contributed by atoms with E-state index in [2.05, 4.69) is 34.0 Å². The van der Waals surface area contributed by atoms with E-state index in [4.69, 9.17) is 0 Å². The minimum atomic E-state index is -3.67. The summed E-state index contributed by atoms with van der Waals surface area (Å²) in [6, 6.07) is 1.59. The van der Waals surface area contributed by atoms with Gasteiger partial charge in [-0.2, -0.15) is 0 Å². The average molecular weight is 429 g/mol. The van der Waals surface area contributed by atoms with Gasteiger partial charge >= 0.3 is 6.03 Å². The van der Waals surface area contributed by atoms with Crippen LogP contribution in [0.15, 0.2) is 12.1 Å². The van der Waals surface area contributed by atoms with Crippen molar-refractivity contribution in [3.63, 3.8) is 0 Å². The SMILES string of the molecule is CCN1CCC(S(=O)(=O)NC(=O)Nc2c3c(cc4c2CCC4)CC=C3)CC1.[K]. The van der Waals surface area contributed by atoms with Crippen LogP contribution in [0, 0.1) is 0 Å². The van der Waals surface area contributed by atoms with Gasteiger partial charge in [-0.05, 0) is 74.8 Å². The normalized spacial score (nSPS) is 19.0. The van der Waals surface area contributed by atoms with Crippen molar-refractivity contribution < 1.29 is 13.2 Å². The Morgan fingerprint density at radius 2 is 1.96 bits per heavy atom. The maximum Gasteiger partial charge on any atom is 0.332 e. The fourth-order valence-corrected chi connectivity index (χ4v) is 5.82. The van der Waals surface area contributed by atoms with Crippen molar-refractivity contribution in [3.8, 4) is 0 Å². The van der Waals surface area contributed by atoms with Crippen LogP contribution in [0.2, 0.25) is 0 Å². The standard InChI is InChI=1S/C20H27N3O3S.K/c1-2-23-11-9-16(10-12-23)27(25,26)22-20(24)21-19-17-7-3-5-14(17)13-15-6-4-8-18(15)19;/h3,7,13,16H,2,4-6,8-12H2,1H3,(H2,21,22,24);. The van der Waals surface area contributed by atoms with Crippen LogP contribution in [0.4, 0.5) is 10.5 Å². The van der Waals surface area contributed by atoms with Crippen LogP contribution in [-0.4, -0.2) is 95.6 Å². The third-order valence-electron chi connectivity index (χ3n) is 6.04. The van der Waals surface area contributed by atoms with Crippen LogP contribution in [0.5, 0.6) is 0 Å². The number of hydrogen-bond acceptors (Lipinski definition) is 4. The molecule has 3 aliphatic rings. The Hall–Kier alpha value is -0.224. The maximum absolute atomic E-state index is 12.6. The molecule has 0 atom stereocenters. The molecule has 1 aromatic carbocycles. The number of allylic oxidation sites excluding steroid dienone is 1. The maximum atomic E-state index is 12.6. The zero-order valence-corrected chi connectivity index (χ0v) is 20.7. The molecule has 1 aromatic rings. The van der Waals surface area contributed by atoms with Crippen molar-refractivity contribution in [2.45, 2.75) is 50.7 Å². The Morgan fingerprint density at radius 1 is 1.21 bits per heavy atom. The number of hydrogen-bond donors (Lipinski definition) is 2. The number of nitrogens with one attached hydrogen (secondary N) is 2. The molecule has 0 bridgehead atoms. The third-order valence-corrected chi connectivity index (χ3v) is 7.86. The summed E-state index contributed by atoms with van der Waals surface area (Å²) in [7, 11) is -3.67. The number of urea groups is 1. The number of benzene rings is 1. The first-order chi connectivity index (χ1) is 13.0. The number of nitrogens with zero attached hydrogens (tertiary/aromatic N) is 1. The molecule has 0 saturated carbocycles. The summed E-state index contributed by atoms with van der Waals surface area (Å²) in [4.78, 5) is 14.8. The molecule has 0 unspecified atom stereocenters. The minimum Gasteiger partial charge on any atom is -0.306 e. The van der Waals surface area contributed by atoms with Gasteiger partial charge in [0.2, 0.25) is 10.0 Å². The van der Waals surface area contributed by atoms with Crippen LogP contribution in [0.1, 0.15) is 48.4 Å². The molecular formula is C20H27KN3O3S. The average Bonchev–Trinajstić information content (AvgIpc) is 3.30. The third kappa shape index (κ3) is 4.58. The topological polar surface area (TPSA) is 78.5 Å². The Morgan fingerprint density at radius 3 is 2.68 bits per heavy atom. The summed E-state index contributed by atoms with van der Waals surface area (Å²) < 4.78 is 27.6. The number of aryl methyl sites for hydroxylation is 1. The quantitative estimate of drug-likeness (QED) is 0.722. The molecule has 0 spiro atoms. The summed E-state index contributed by atoms with van der Waals surface area (Å²) in [5, 5.41) is 2.37. The molecule has 1 heterocycles. The van der Waals surface area contributed by atoms with Crippen molar-refractivity contribution in [3.05, 3.63) is 34.4 Å². The Labute approximate surface area is 210 Å². The predicted octanol–water partition coefficient (Wildman–Crippen LogP) is 2.30. The van der Waals surface area contributed by atoms with Crippen LogP contribution >= 0.6 is 0 Å². The number of likely N-dealkylation sites (tertiary alicyclic amines) is 1.